The van der Waals surface area contributed by atoms with Crippen LogP contribution in [0.15, 0.2) is 24.3 Å². The Morgan fingerprint density at radius 3 is 2.53 bits per heavy atom. The first-order chi connectivity index (χ1) is 9.11. The molecule has 0 atom stereocenters. The maximum atomic E-state index is 5.46. The SMILES string of the molecule is CCc1ccc(NC(=S)NCCCOC(C)C)cc1. The molecule has 0 heterocycles. The first kappa shape index (κ1) is 15.9. The molecule has 0 saturated carbocycles. The van der Waals surface area contributed by atoms with Crippen molar-refractivity contribution in [2.24, 2.45) is 0 Å². The summed E-state index contributed by atoms with van der Waals surface area (Å²) in [5, 5.41) is 7.01. The molecule has 0 amide bonds. The molecule has 19 heavy (non-hydrogen) atoms. The van der Waals surface area contributed by atoms with Crippen LogP contribution in [0.5, 0.6) is 0 Å². The fraction of sp³-hybridized carbons (Fsp3) is 0.533. The van der Waals surface area contributed by atoms with E-state index in [9.17, 15) is 0 Å². The first-order valence-corrected chi connectivity index (χ1v) is 7.28. The van der Waals surface area contributed by atoms with Gasteiger partial charge in [0, 0.05) is 18.8 Å². The topological polar surface area (TPSA) is 33.3 Å². The van der Waals surface area contributed by atoms with E-state index in [4.69, 9.17) is 17.0 Å². The summed E-state index contributed by atoms with van der Waals surface area (Å²) in [6.07, 6.45) is 2.30. The number of benzene rings is 1. The predicted molar refractivity (Wildman–Crippen MR) is 85.7 cm³/mol. The van der Waals surface area contributed by atoms with E-state index in [1.807, 2.05) is 13.8 Å². The van der Waals surface area contributed by atoms with Crippen molar-refractivity contribution >= 4 is 23.0 Å². The summed E-state index contributed by atoms with van der Waals surface area (Å²) in [6, 6.07) is 8.33. The summed E-state index contributed by atoms with van der Waals surface area (Å²) in [5.41, 5.74) is 2.35. The lowest BCUT2D eigenvalue weighted by Crippen LogP contribution is -2.29. The van der Waals surface area contributed by atoms with E-state index >= 15 is 0 Å². The highest BCUT2D eigenvalue weighted by atomic mass is 32.1. The second-order valence-electron chi connectivity index (χ2n) is 4.70. The summed E-state index contributed by atoms with van der Waals surface area (Å²) in [5.74, 6) is 0. The fourth-order valence-electron chi connectivity index (χ4n) is 1.59. The van der Waals surface area contributed by atoms with Crippen LogP contribution in [0.1, 0.15) is 32.8 Å². The van der Waals surface area contributed by atoms with E-state index in [0.717, 1.165) is 31.7 Å². The highest BCUT2D eigenvalue weighted by molar-refractivity contribution is 7.80. The zero-order chi connectivity index (χ0) is 14.1. The Morgan fingerprint density at radius 2 is 1.95 bits per heavy atom. The molecule has 0 aliphatic carbocycles. The molecule has 0 aliphatic heterocycles. The Labute approximate surface area is 121 Å². The minimum Gasteiger partial charge on any atom is -0.379 e. The van der Waals surface area contributed by atoms with Crippen molar-refractivity contribution in [1.82, 2.24) is 5.32 Å². The summed E-state index contributed by atoms with van der Waals surface area (Å²) >= 11 is 5.24. The van der Waals surface area contributed by atoms with E-state index in [2.05, 4.69) is 41.8 Å². The quantitative estimate of drug-likeness (QED) is 0.593. The summed E-state index contributed by atoms with van der Waals surface area (Å²) in [4.78, 5) is 0. The smallest absolute Gasteiger partial charge is 0.170 e. The Hall–Kier alpha value is -1.13. The molecule has 1 rings (SSSR count). The Morgan fingerprint density at radius 1 is 1.26 bits per heavy atom. The van der Waals surface area contributed by atoms with Gasteiger partial charge in [-0.2, -0.15) is 0 Å². The number of anilines is 1. The van der Waals surface area contributed by atoms with Crippen LogP contribution in [0.4, 0.5) is 5.69 Å². The van der Waals surface area contributed by atoms with Gasteiger partial charge in [0.25, 0.3) is 0 Å². The zero-order valence-corrected chi connectivity index (χ0v) is 12.8. The van der Waals surface area contributed by atoms with Crippen LogP contribution in [-0.4, -0.2) is 24.4 Å². The highest BCUT2D eigenvalue weighted by Crippen LogP contribution is 2.09. The van der Waals surface area contributed by atoms with Crippen LogP contribution in [0.2, 0.25) is 0 Å². The van der Waals surface area contributed by atoms with Crippen LogP contribution < -0.4 is 10.6 Å². The third-order valence-electron chi connectivity index (χ3n) is 2.68. The normalized spacial score (nSPS) is 10.5. The van der Waals surface area contributed by atoms with Crippen molar-refractivity contribution < 1.29 is 4.74 Å². The Bertz CT molecular complexity index is 376. The number of aryl methyl sites for hydroxylation is 1. The van der Waals surface area contributed by atoms with Gasteiger partial charge < -0.3 is 15.4 Å². The first-order valence-electron chi connectivity index (χ1n) is 6.87. The van der Waals surface area contributed by atoms with Gasteiger partial charge >= 0.3 is 0 Å². The molecular weight excluding hydrogens is 256 g/mol. The van der Waals surface area contributed by atoms with Gasteiger partial charge in [-0.3, -0.25) is 0 Å². The summed E-state index contributed by atoms with van der Waals surface area (Å²) in [6.45, 7) is 7.82. The predicted octanol–water partition coefficient (Wildman–Crippen LogP) is 3.35. The second-order valence-corrected chi connectivity index (χ2v) is 5.11. The molecule has 1 aromatic carbocycles. The number of nitrogens with one attached hydrogen (secondary N) is 2. The van der Waals surface area contributed by atoms with Gasteiger partial charge in [-0.15, -0.1) is 0 Å². The van der Waals surface area contributed by atoms with Crippen LogP contribution in [-0.2, 0) is 11.2 Å². The zero-order valence-electron chi connectivity index (χ0n) is 12.0. The molecule has 0 radical (unpaired) electrons. The molecule has 4 heteroatoms. The molecule has 106 valence electrons. The molecule has 0 unspecified atom stereocenters. The molecule has 0 saturated heterocycles. The average Bonchev–Trinajstić information content (AvgIpc) is 2.39. The number of hydrogen-bond acceptors (Lipinski definition) is 2. The monoisotopic (exact) mass is 280 g/mol. The second kappa shape index (κ2) is 8.88. The lowest BCUT2D eigenvalue weighted by molar-refractivity contribution is 0.0777. The molecule has 0 bridgehead atoms. The van der Waals surface area contributed by atoms with Crippen molar-refractivity contribution in [2.45, 2.75) is 39.7 Å². The molecule has 0 aliphatic rings. The summed E-state index contributed by atoms with van der Waals surface area (Å²) < 4.78 is 5.46. The molecule has 0 spiro atoms. The lowest BCUT2D eigenvalue weighted by Gasteiger charge is -2.11. The minimum absolute atomic E-state index is 0.294. The summed E-state index contributed by atoms with van der Waals surface area (Å²) in [7, 11) is 0. The molecule has 0 aromatic heterocycles. The van der Waals surface area contributed by atoms with Gasteiger partial charge in [0.05, 0.1) is 6.10 Å². The van der Waals surface area contributed by atoms with Crippen molar-refractivity contribution in [3.05, 3.63) is 29.8 Å². The van der Waals surface area contributed by atoms with Gasteiger partial charge in [0.2, 0.25) is 0 Å². The molecule has 2 N–H and O–H groups in total. The third-order valence-corrected chi connectivity index (χ3v) is 2.92. The van der Waals surface area contributed by atoms with Gasteiger partial charge in [-0.1, -0.05) is 19.1 Å². The number of ether oxygens (including phenoxy) is 1. The maximum absolute atomic E-state index is 5.46. The van der Waals surface area contributed by atoms with E-state index < -0.39 is 0 Å². The van der Waals surface area contributed by atoms with E-state index in [-0.39, 0.29) is 0 Å². The maximum Gasteiger partial charge on any atom is 0.170 e. The average molecular weight is 280 g/mol. The van der Waals surface area contributed by atoms with Gasteiger partial charge in [-0.25, -0.2) is 0 Å². The van der Waals surface area contributed by atoms with Gasteiger partial charge in [0.1, 0.15) is 0 Å². The molecule has 0 fully saturated rings. The van der Waals surface area contributed by atoms with Crippen molar-refractivity contribution in [3.63, 3.8) is 0 Å². The molecule has 1 aromatic rings. The highest BCUT2D eigenvalue weighted by Gasteiger charge is 1.98. The standard InChI is InChI=1S/C15H24N2OS/c1-4-13-6-8-14(9-7-13)17-15(19)16-10-5-11-18-12(2)3/h6-9,12H,4-5,10-11H2,1-3H3,(H2,16,17,19). The Kier molecular flexibility index (Phi) is 7.45. The van der Waals surface area contributed by atoms with Crippen molar-refractivity contribution in [2.75, 3.05) is 18.5 Å². The van der Waals surface area contributed by atoms with E-state index in [0.29, 0.717) is 11.2 Å². The number of hydrogen-bond donors (Lipinski definition) is 2. The molecular formula is C15H24N2OS. The number of rotatable bonds is 7. The van der Waals surface area contributed by atoms with E-state index in [1.54, 1.807) is 0 Å². The third kappa shape index (κ3) is 7.13. The van der Waals surface area contributed by atoms with Crippen molar-refractivity contribution in [1.29, 1.82) is 0 Å². The van der Waals surface area contributed by atoms with Crippen LogP contribution in [0, 0.1) is 0 Å². The number of thiocarbonyl (C=S) groups is 1. The lowest BCUT2D eigenvalue weighted by atomic mass is 10.1. The van der Waals surface area contributed by atoms with Gasteiger partial charge in [-0.05, 0) is 56.6 Å². The van der Waals surface area contributed by atoms with E-state index in [1.165, 1.54) is 5.56 Å². The van der Waals surface area contributed by atoms with Crippen LogP contribution in [0.3, 0.4) is 0 Å². The van der Waals surface area contributed by atoms with Gasteiger partial charge in [0.15, 0.2) is 5.11 Å². The minimum atomic E-state index is 0.294. The largest absolute Gasteiger partial charge is 0.379 e. The fourth-order valence-corrected chi connectivity index (χ4v) is 1.81. The van der Waals surface area contributed by atoms with Crippen LogP contribution in [0.25, 0.3) is 0 Å². The van der Waals surface area contributed by atoms with Crippen LogP contribution >= 0.6 is 12.2 Å². The molecule has 3 nitrogen and oxygen atoms in total. The Balaban J connectivity index is 2.19. The van der Waals surface area contributed by atoms with Crippen molar-refractivity contribution in [3.8, 4) is 0 Å².